The number of benzene rings is 2. The van der Waals surface area contributed by atoms with Crippen molar-refractivity contribution < 1.29 is 0 Å². The molecule has 116 valence electrons. The molecule has 0 radical (unpaired) electrons. The fraction of sp³-hybridized carbons (Fsp3) is 0.455. The highest BCUT2D eigenvalue weighted by molar-refractivity contribution is 5.78. The molecule has 0 spiro atoms. The quantitative estimate of drug-likeness (QED) is 0.465. The van der Waals surface area contributed by atoms with Gasteiger partial charge in [0.25, 0.3) is 0 Å². The summed E-state index contributed by atoms with van der Waals surface area (Å²) in [7, 11) is 0. The standard InChI is InChI=1S/C22H28/c1-14-10-19-16(13-20(14)22(5,6)7)11-15-12-17(21(2,3)4)8-9-18(15)19/h8-10,12-13H,11H2,1-7H3. The van der Waals surface area contributed by atoms with Crippen LogP contribution >= 0.6 is 0 Å². The van der Waals surface area contributed by atoms with Crippen LogP contribution in [0.1, 0.15) is 69.4 Å². The first-order valence-corrected chi connectivity index (χ1v) is 8.35. The molecule has 0 atom stereocenters. The molecule has 0 saturated carbocycles. The van der Waals surface area contributed by atoms with Crippen molar-refractivity contribution in [3.05, 3.63) is 58.1 Å². The molecule has 0 aromatic heterocycles. The number of aryl methyl sites for hydroxylation is 1. The second-order valence-electron chi connectivity index (χ2n) is 8.87. The molecule has 1 aliphatic rings. The van der Waals surface area contributed by atoms with Gasteiger partial charge in [-0.1, -0.05) is 71.9 Å². The van der Waals surface area contributed by atoms with E-state index >= 15 is 0 Å². The summed E-state index contributed by atoms with van der Waals surface area (Å²) in [5.41, 5.74) is 10.6. The van der Waals surface area contributed by atoms with Gasteiger partial charge in [0, 0.05) is 0 Å². The van der Waals surface area contributed by atoms with Crippen molar-refractivity contribution in [3.63, 3.8) is 0 Å². The van der Waals surface area contributed by atoms with Crippen LogP contribution in [-0.4, -0.2) is 0 Å². The maximum atomic E-state index is 2.45. The van der Waals surface area contributed by atoms with Crippen molar-refractivity contribution in [3.8, 4) is 11.1 Å². The summed E-state index contributed by atoms with van der Waals surface area (Å²) >= 11 is 0. The maximum Gasteiger partial charge on any atom is -0.00132 e. The van der Waals surface area contributed by atoms with Gasteiger partial charge < -0.3 is 0 Å². The van der Waals surface area contributed by atoms with Gasteiger partial charge in [0.1, 0.15) is 0 Å². The zero-order valence-corrected chi connectivity index (χ0v) is 15.1. The van der Waals surface area contributed by atoms with E-state index in [4.69, 9.17) is 0 Å². The van der Waals surface area contributed by atoms with Crippen molar-refractivity contribution in [1.29, 1.82) is 0 Å². The van der Waals surface area contributed by atoms with Gasteiger partial charge in [0.15, 0.2) is 0 Å². The van der Waals surface area contributed by atoms with Crippen LogP contribution in [0.5, 0.6) is 0 Å². The van der Waals surface area contributed by atoms with E-state index in [0.29, 0.717) is 0 Å². The Morgan fingerprint density at radius 3 is 1.95 bits per heavy atom. The molecule has 2 aromatic carbocycles. The van der Waals surface area contributed by atoms with Gasteiger partial charge in [0.05, 0.1) is 0 Å². The SMILES string of the molecule is Cc1cc2c(cc1C(C)(C)C)Cc1cc(C(C)(C)C)ccc1-2. The molecule has 1 aliphatic carbocycles. The lowest BCUT2D eigenvalue weighted by Gasteiger charge is -2.23. The minimum Gasteiger partial charge on any atom is -0.0579 e. The lowest BCUT2D eigenvalue weighted by Crippen LogP contribution is -2.13. The van der Waals surface area contributed by atoms with Crippen molar-refractivity contribution >= 4 is 0 Å². The lowest BCUT2D eigenvalue weighted by atomic mass is 9.82. The van der Waals surface area contributed by atoms with Crippen LogP contribution in [0.25, 0.3) is 11.1 Å². The fourth-order valence-corrected chi connectivity index (χ4v) is 3.63. The Balaban J connectivity index is 2.11. The summed E-state index contributed by atoms with van der Waals surface area (Å²) in [5.74, 6) is 0. The minimum absolute atomic E-state index is 0.213. The van der Waals surface area contributed by atoms with Crippen LogP contribution in [0, 0.1) is 6.92 Å². The Morgan fingerprint density at radius 2 is 1.36 bits per heavy atom. The lowest BCUT2D eigenvalue weighted by molar-refractivity contribution is 0.585. The molecule has 0 heterocycles. The van der Waals surface area contributed by atoms with E-state index in [0.717, 1.165) is 6.42 Å². The van der Waals surface area contributed by atoms with Gasteiger partial charge >= 0.3 is 0 Å². The third-order valence-electron chi connectivity index (χ3n) is 4.90. The fourth-order valence-electron chi connectivity index (χ4n) is 3.63. The first-order chi connectivity index (χ1) is 10.1. The number of fused-ring (bicyclic) bond motifs is 3. The third kappa shape index (κ3) is 2.49. The van der Waals surface area contributed by atoms with Crippen molar-refractivity contribution in [2.24, 2.45) is 0 Å². The molecular formula is C22H28. The average Bonchev–Trinajstić information content (AvgIpc) is 2.72. The van der Waals surface area contributed by atoms with Gasteiger partial charge in [-0.05, 0) is 63.1 Å². The van der Waals surface area contributed by atoms with Crippen molar-refractivity contribution in [2.75, 3.05) is 0 Å². The summed E-state index contributed by atoms with van der Waals surface area (Å²) in [6.07, 6.45) is 1.08. The van der Waals surface area contributed by atoms with Crippen LogP contribution in [0.3, 0.4) is 0 Å². The molecule has 22 heavy (non-hydrogen) atoms. The summed E-state index contributed by atoms with van der Waals surface area (Å²) in [6, 6.07) is 11.9. The average molecular weight is 292 g/mol. The van der Waals surface area contributed by atoms with Crippen LogP contribution in [0.15, 0.2) is 30.3 Å². The van der Waals surface area contributed by atoms with Crippen LogP contribution in [-0.2, 0) is 17.3 Å². The zero-order chi connectivity index (χ0) is 16.3. The van der Waals surface area contributed by atoms with Gasteiger partial charge in [-0.25, -0.2) is 0 Å². The Bertz CT molecular complexity index is 734. The Kier molecular flexibility index (Phi) is 3.29. The molecule has 0 amide bonds. The molecule has 3 rings (SSSR count). The van der Waals surface area contributed by atoms with Gasteiger partial charge in [-0.3, -0.25) is 0 Å². The van der Waals surface area contributed by atoms with Gasteiger partial charge in [-0.2, -0.15) is 0 Å². The molecule has 0 fully saturated rings. The molecular weight excluding hydrogens is 264 g/mol. The summed E-state index contributed by atoms with van der Waals surface area (Å²) in [5, 5.41) is 0. The second kappa shape index (κ2) is 4.72. The third-order valence-corrected chi connectivity index (χ3v) is 4.90. The highest BCUT2D eigenvalue weighted by atomic mass is 14.3. The topological polar surface area (TPSA) is 0 Å². The molecule has 0 nitrogen and oxygen atoms in total. The van der Waals surface area contributed by atoms with E-state index in [2.05, 4.69) is 78.8 Å². The normalized spacial score (nSPS) is 14.0. The van der Waals surface area contributed by atoms with E-state index in [1.165, 1.54) is 38.9 Å². The molecule has 0 bridgehead atoms. The van der Waals surface area contributed by atoms with E-state index < -0.39 is 0 Å². The summed E-state index contributed by atoms with van der Waals surface area (Å²) in [4.78, 5) is 0. The van der Waals surface area contributed by atoms with Gasteiger partial charge in [0.2, 0.25) is 0 Å². The van der Waals surface area contributed by atoms with Crippen molar-refractivity contribution in [1.82, 2.24) is 0 Å². The Hall–Kier alpha value is -1.56. The molecule has 2 aromatic rings. The predicted octanol–water partition coefficient (Wildman–Crippen LogP) is 6.16. The molecule has 0 aliphatic heterocycles. The van der Waals surface area contributed by atoms with E-state index in [1.54, 1.807) is 0 Å². The Morgan fingerprint density at radius 1 is 0.727 bits per heavy atom. The molecule has 0 unspecified atom stereocenters. The van der Waals surface area contributed by atoms with Crippen molar-refractivity contribution in [2.45, 2.75) is 65.7 Å². The second-order valence-corrected chi connectivity index (χ2v) is 8.87. The van der Waals surface area contributed by atoms with E-state index in [1.807, 2.05) is 0 Å². The highest BCUT2D eigenvalue weighted by Gasteiger charge is 2.25. The summed E-state index contributed by atoms with van der Waals surface area (Å²) in [6.45, 7) is 16.0. The van der Waals surface area contributed by atoms with Crippen LogP contribution < -0.4 is 0 Å². The number of rotatable bonds is 0. The largest absolute Gasteiger partial charge is 0.0579 e. The number of hydrogen-bond acceptors (Lipinski definition) is 0. The van der Waals surface area contributed by atoms with Crippen LogP contribution in [0.4, 0.5) is 0 Å². The predicted molar refractivity (Wildman–Crippen MR) is 96.8 cm³/mol. The zero-order valence-electron chi connectivity index (χ0n) is 15.1. The van der Waals surface area contributed by atoms with Crippen LogP contribution in [0.2, 0.25) is 0 Å². The van der Waals surface area contributed by atoms with E-state index in [9.17, 15) is 0 Å². The summed E-state index contributed by atoms with van der Waals surface area (Å²) < 4.78 is 0. The monoisotopic (exact) mass is 292 g/mol. The minimum atomic E-state index is 0.213. The van der Waals surface area contributed by atoms with E-state index in [-0.39, 0.29) is 10.8 Å². The Labute approximate surface area is 135 Å². The molecule has 0 N–H and O–H groups in total. The first kappa shape index (κ1) is 15.3. The molecule has 0 heteroatoms. The number of hydrogen-bond donors (Lipinski definition) is 0. The molecule has 0 saturated heterocycles. The van der Waals surface area contributed by atoms with Gasteiger partial charge in [-0.15, -0.1) is 0 Å². The smallest absolute Gasteiger partial charge is 0.00132 e. The highest BCUT2D eigenvalue weighted by Crippen LogP contribution is 2.41. The maximum absolute atomic E-state index is 2.45. The first-order valence-electron chi connectivity index (χ1n) is 8.35.